The zero-order valence-electron chi connectivity index (χ0n) is 9.82. The van der Waals surface area contributed by atoms with Crippen molar-refractivity contribution in [2.45, 2.75) is 19.4 Å². The molecular formula is C12H17NO3. The molecule has 0 aliphatic heterocycles. The molecule has 0 amide bonds. The molecule has 0 aliphatic rings. The summed E-state index contributed by atoms with van der Waals surface area (Å²) < 4.78 is 9.72. The first-order chi connectivity index (χ1) is 7.58. The number of rotatable bonds is 4. The van der Waals surface area contributed by atoms with Gasteiger partial charge in [0, 0.05) is 0 Å². The maximum absolute atomic E-state index is 11.2. The Morgan fingerprint density at radius 3 is 2.62 bits per heavy atom. The van der Waals surface area contributed by atoms with Crippen LogP contribution >= 0.6 is 0 Å². The molecule has 1 aromatic rings. The monoisotopic (exact) mass is 223 g/mol. The van der Waals surface area contributed by atoms with E-state index in [1.807, 2.05) is 25.1 Å². The van der Waals surface area contributed by atoms with Gasteiger partial charge in [-0.05, 0) is 30.5 Å². The van der Waals surface area contributed by atoms with Crippen LogP contribution in [-0.4, -0.2) is 26.2 Å². The van der Waals surface area contributed by atoms with Gasteiger partial charge >= 0.3 is 5.97 Å². The van der Waals surface area contributed by atoms with Gasteiger partial charge in [-0.25, -0.2) is 0 Å². The van der Waals surface area contributed by atoms with Crippen LogP contribution in [0.3, 0.4) is 0 Å². The molecule has 0 saturated carbocycles. The minimum atomic E-state index is -0.613. The summed E-state index contributed by atoms with van der Waals surface area (Å²) in [6.07, 6.45) is 0.470. The maximum Gasteiger partial charge on any atom is 0.322 e. The third-order valence-corrected chi connectivity index (χ3v) is 2.42. The Bertz CT molecular complexity index is 377. The lowest BCUT2D eigenvalue weighted by Gasteiger charge is -2.11. The number of methoxy groups -OCH3 is 2. The number of ether oxygens (including phenoxy) is 2. The highest BCUT2D eigenvalue weighted by Crippen LogP contribution is 2.19. The van der Waals surface area contributed by atoms with Crippen molar-refractivity contribution >= 4 is 5.97 Å². The summed E-state index contributed by atoms with van der Waals surface area (Å²) in [5.41, 5.74) is 7.70. The van der Waals surface area contributed by atoms with Gasteiger partial charge in [-0.3, -0.25) is 4.79 Å². The van der Waals surface area contributed by atoms with Gasteiger partial charge in [0.15, 0.2) is 0 Å². The first-order valence-electron chi connectivity index (χ1n) is 5.05. The molecule has 0 unspecified atom stereocenters. The predicted octanol–water partition coefficient (Wildman–Crippen LogP) is 1.05. The van der Waals surface area contributed by atoms with E-state index in [1.54, 1.807) is 7.11 Å². The Hall–Kier alpha value is -1.55. The molecule has 0 heterocycles. The maximum atomic E-state index is 11.2. The van der Waals surface area contributed by atoms with Crippen LogP contribution in [0.2, 0.25) is 0 Å². The number of aryl methyl sites for hydroxylation is 1. The fourth-order valence-electron chi connectivity index (χ4n) is 1.56. The average Bonchev–Trinajstić information content (AvgIpc) is 2.28. The number of esters is 1. The zero-order valence-corrected chi connectivity index (χ0v) is 9.82. The smallest absolute Gasteiger partial charge is 0.322 e. The van der Waals surface area contributed by atoms with Crippen molar-refractivity contribution in [3.63, 3.8) is 0 Å². The van der Waals surface area contributed by atoms with Crippen molar-refractivity contribution in [2.75, 3.05) is 14.2 Å². The van der Waals surface area contributed by atoms with E-state index in [-0.39, 0.29) is 0 Å². The average molecular weight is 223 g/mol. The van der Waals surface area contributed by atoms with E-state index < -0.39 is 12.0 Å². The van der Waals surface area contributed by atoms with Crippen molar-refractivity contribution in [3.8, 4) is 5.75 Å². The molecule has 1 rings (SSSR count). The van der Waals surface area contributed by atoms with Crippen molar-refractivity contribution in [2.24, 2.45) is 5.73 Å². The van der Waals surface area contributed by atoms with E-state index in [0.29, 0.717) is 6.42 Å². The van der Waals surface area contributed by atoms with Gasteiger partial charge in [0.2, 0.25) is 0 Å². The molecule has 2 N–H and O–H groups in total. The molecular weight excluding hydrogens is 206 g/mol. The van der Waals surface area contributed by atoms with E-state index in [2.05, 4.69) is 4.74 Å². The molecule has 0 aromatic heterocycles. The van der Waals surface area contributed by atoms with Crippen molar-refractivity contribution < 1.29 is 14.3 Å². The highest BCUT2D eigenvalue weighted by atomic mass is 16.5. The molecule has 4 heteroatoms. The Balaban J connectivity index is 2.75. The van der Waals surface area contributed by atoms with E-state index in [0.717, 1.165) is 16.9 Å². The van der Waals surface area contributed by atoms with Gasteiger partial charge in [-0.15, -0.1) is 0 Å². The lowest BCUT2D eigenvalue weighted by Crippen LogP contribution is -2.33. The summed E-state index contributed by atoms with van der Waals surface area (Å²) in [6, 6.07) is 5.11. The fourth-order valence-corrected chi connectivity index (χ4v) is 1.56. The minimum Gasteiger partial charge on any atom is -0.496 e. The lowest BCUT2D eigenvalue weighted by molar-refractivity contribution is -0.142. The zero-order chi connectivity index (χ0) is 12.1. The second-order valence-corrected chi connectivity index (χ2v) is 3.64. The Morgan fingerprint density at radius 1 is 1.44 bits per heavy atom. The van der Waals surface area contributed by atoms with Gasteiger partial charge in [0.05, 0.1) is 14.2 Å². The summed E-state index contributed by atoms with van der Waals surface area (Å²) in [6.45, 7) is 1.95. The fraction of sp³-hybridized carbons (Fsp3) is 0.417. The summed E-state index contributed by atoms with van der Waals surface area (Å²) in [5.74, 6) is 0.434. The number of hydrogen-bond donors (Lipinski definition) is 1. The second-order valence-electron chi connectivity index (χ2n) is 3.64. The van der Waals surface area contributed by atoms with Gasteiger partial charge in [0.25, 0.3) is 0 Å². The van der Waals surface area contributed by atoms with Crippen LogP contribution in [-0.2, 0) is 16.0 Å². The predicted molar refractivity (Wildman–Crippen MR) is 61.4 cm³/mol. The molecule has 4 nitrogen and oxygen atoms in total. The van der Waals surface area contributed by atoms with Crippen LogP contribution in [0, 0.1) is 6.92 Å². The van der Waals surface area contributed by atoms with E-state index in [1.165, 1.54) is 7.11 Å². The van der Waals surface area contributed by atoms with Crippen molar-refractivity contribution in [1.82, 2.24) is 0 Å². The van der Waals surface area contributed by atoms with Crippen LogP contribution in [0.4, 0.5) is 0 Å². The largest absolute Gasteiger partial charge is 0.496 e. The summed E-state index contributed by atoms with van der Waals surface area (Å²) >= 11 is 0. The number of nitrogens with two attached hydrogens (primary N) is 1. The summed E-state index contributed by atoms with van der Waals surface area (Å²) in [7, 11) is 2.96. The van der Waals surface area contributed by atoms with Gasteiger partial charge in [-0.2, -0.15) is 0 Å². The first kappa shape index (κ1) is 12.5. The molecule has 88 valence electrons. The molecule has 0 saturated heterocycles. The molecule has 16 heavy (non-hydrogen) atoms. The van der Waals surface area contributed by atoms with Crippen LogP contribution < -0.4 is 10.5 Å². The molecule has 1 atom stereocenters. The van der Waals surface area contributed by atoms with E-state index >= 15 is 0 Å². The van der Waals surface area contributed by atoms with Crippen molar-refractivity contribution in [3.05, 3.63) is 29.3 Å². The van der Waals surface area contributed by atoms with Crippen LogP contribution in [0.25, 0.3) is 0 Å². The van der Waals surface area contributed by atoms with Crippen LogP contribution in [0.15, 0.2) is 18.2 Å². The standard InChI is InChI=1S/C12H17NO3/c1-8-6-9(4-5-11(8)15-2)7-10(13)12(14)16-3/h4-6,10H,7,13H2,1-3H3/t10-/m0/s1. The number of hydrogen-bond acceptors (Lipinski definition) is 4. The van der Waals surface area contributed by atoms with Gasteiger partial charge < -0.3 is 15.2 Å². The highest BCUT2D eigenvalue weighted by Gasteiger charge is 2.14. The molecule has 0 fully saturated rings. The van der Waals surface area contributed by atoms with Crippen LogP contribution in [0.5, 0.6) is 5.75 Å². The third-order valence-electron chi connectivity index (χ3n) is 2.42. The molecule has 0 spiro atoms. The highest BCUT2D eigenvalue weighted by molar-refractivity contribution is 5.75. The SMILES string of the molecule is COC(=O)[C@@H](N)Cc1ccc(OC)c(C)c1. The molecule has 1 aromatic carbocycles. The normalized spacial score (nSPS) is 12.0. The Morgan fingerprint density at radius 2 is 2.12 bits per heavy atom. The lowest BCUT2D eigenvalue weighted by atomic mass is 10.0. The van der Waals surface area contributed by atoms with Gasteiger partial charge in [0.1, 0.15) is 11.8 Å². The topological polar surface area (TPSA) is 61.5 Å². The molecule has 0 bridgehead atoms. The Kier molecular flexibility index (Phi) is 4.31. The van der Waals surface area contributed by atoms with Crippen LogP contribution in [0.1, 0.15) is 11.1 Å². The summed E-state index contributed by atoms with van der Waals surface area (Å²) in [5, 5.41) is 0. The number of carbonyl (C=O) groups is 1. The summed E-state index contributed by atoms with van der Waals surface area (Å²) in [4.78, 5) is 11.2. The number of benzene rings is 1. The van der Waals surface area contributed by atoms with Crippen molar-refractivity contribution in [1.29, 1.82) is 0 Å². The second kappa shape index (κ2) is 5.51. The molecule has 0 aliphatic carbocycles. The quantitative estimate of drug-likeness (QED) is 0.775. The van der Waals surface area contributed by atoms with Gasteiger partial charge in [-0.1, -0.05) is 12.1 Å². The van der Waals surface area contributed by atoms with E-state index in [4.69, 9.17) is 10.5 Å². The first-order valence-corrected chi connectivity index (χ1v) is 5.05. The minimum absolute atomic E-state index is 0.395. The Labute approximate surface area is 95.3 Å². The number of carbonyl (C=O) groups excluding carboxylic acids is 1. The van der Waals surface area contributed by atoms with E-state index in [9.17, 15) is 4.79 Å². The molecule has 0 radical (unpaired) electrons. The third kappa shape index (κ3) is 2.97.